The molecule has 33 heavy (non-hydrogen) atoms. The van der Waals surface area contributed by atoms with Gasteiger partial charge in [0.05, 0.1) is 6.54 Å². The third-order valence-corrected chi connectivity index (χ3v) is 7.74. The fourth-order valence-corrected chi connectivity index (χ4v) is 5.54. The molecular formula is C25H32N4O3S. The second-order valence-corrected chi connectivity index (χ2v) is 10.5. The molecule has 2 fully saturated rings. The SMILES string of the molecule is O=C(CN1CCN(S(=O)(=O)/C=C/c2ccccc2)CC1)N[C@@H]1CCN(Cc2ccccc2)C1. The van der Waals surface area contributed by atoms with Crippen molar-refractivity contribution in [1.29, 1.82) is 0 Å². The van der Waals surface area contributed by atoms with E-state index in [1.165, 1.54) is 15.3 Å². The summed E-state index contributed by atoms with van der Waals surface area (Å²) in [5.74, 6) is 0.0156. The number of amides is 1. The van der Waals surface area contributed by atoms with Crippen molar-refractivity contribution >= 4 is 22.0 Å². The Morgan fingerprint density at radius 3 is 2.27 bits per heavy atom. The summed E-state index contributed by atoms with van der Waals surface area (Å²) in [6.45, 7) is 4.94. The largest absolute Gasteiger partial charge is 0.351 e. The van der Waals surface area contributed by atoms with Crippen molar-refractivity contribution in [3.8, 4) is 0 Å². The number of nitrogens with one attached hydrogen (secondary N) is 1. The number of carbonyl (C=O) groups excluding carboxylic acids is 1. The highest BCUT2D eigenvalue weighted by Crippen LogP contribution is 2.14. The Balaban J connectivity index is 1.18. The molecule has 0 aromatic heterocycles. The van der Waals surface area contributed by atoms with Crippen LogP contribution in [0.5, 0.6) is 0 Å². The van der Waals surface area contributed by atoms with Crippen LogP contribution in [-0.4, -0.2) is 80.3 Å². The van der Waals surface area contributed by atoms with Gasteiger partial charge in [0, 0.05) is 57.3 Å². The predicted molar refractivity (Wildman–Crippen MR) is 131 cm³/mol. The molecule has 1 amide bonds. The summed E-state index contributed by atoms with van der Waals surface area (Å²) in [5, 5.41) is 4.43. The summed E-state index contributed by atoms with van der Waals surface area (Å²) < 4.78 is 26.7. The molecule has 0 bridgehead atoms. The van der Waals surface area contributed by atoms with Gasteiger partial charge in [0.1, 0.15) is 0 Å². The van der Waals surface area contributed by atoms with Crippen LogP contribution >= 0.6 is 0 Å². The van der Waals surface area contributed by atoms with Crippen molar-refractivity contribution in [3.63, 3.8) is 0 Å². The monoisotopic (exact) mass is 468 g/mol. The maximum Gasteiger partial charge on any atom is 0.236 e. The molecular weight excluding hydrogens is 436 g/mol. The summed E-state index contributed by atoms with van der Waals surface area (Å²) in [5.41, 5.74) is 2.14. The first-order chi connectivity index (χ1) is 16.0. The highest BCUT2D eigenvalue weighted by molar-refractivity contribution is 7.92. The third-order valence-electron chi connectivity index (χ3n) is 6.18. The predicted octanol–water partition coefficient (Wildman–Crippen LogP) is 2.00. The first kappa shape index (κ1) is 23.6. The number of benzene rings is 2. The van der Waals surface area contributed by atoms with E-state index in [1.54, 1.807) is 6.08 Å². The molecule has 0 unspecified atom stereocenters. The number of sulfonamides is 1. The molecule has 0 radical (unpaired) electrons. The van der Waals surface area contributed by atoms with Crippen LogP contribution in [0.15, 0.2) is 66.1 Å². The fraction of sp³-hybridized carbons (Fsp3) is 0.400. The normalized spacial score (nSPS) is 20.9. The molecule has 0 saturated carbocycles. The highest BCUT2D eigenvalue weighted by Gasteiger charge is 2.28. The second-order valence-electron chi connectivity index (χ2n) is 8.71. The van der Waals surface area contributed by atoms with Crippen LogP contribution in [0, 0.1) is 0 Å². The molecule has 1 N–H and O–H groups in total. The van der Waals surface area contributed by atoms with Crippen LogP contribution in [0.1, 0.15) is 17.5 Å². The van der Waals surface area contributed by atoms with Crippen molar-refractivity contribution in [3.05, 3.63) is 77.2 Å². The number of carbonyl (C=O) groups is 1. The molecule has 8 heteroatoms. The van der Waals surface area contributed by atoms with Crippen LogP contribution in [0.2, 0.25) is 0 Å². The van der Waals surface area contributed by atoms with Crippen molar-refractivity contribution in [2.75, 3.05) is 45.8 Å². The minimum Gasteiger partial charge on any atom is -0.351 e. The van der Waals surface area contributed by atoms with Crippen molar-refractivity contribution in [2.24, 2.45) is 0 Å². The number of hydrogen-bond acceptors (Lipinski definition) is 5. The van der Waals surface area contributed by atoms with E-state index in [9.17, 15) is 13.2 Å². The summed E-state index contributed by atoms with van der Waals surface area (Å²) in [6, 6.07) is 19.9. The van der Waals surface area contributed by atoms with Gasteiger partial charge in [0.2, 0.25) is 15.9 Å². The van der Waals surface area contributed by atoms with Gasteiger partial charge in [-0.1, -0.05) is 60.7 Å². The van der Waals surface area contributed by atoms with Gasteiger partial charge >= 0.3 is 0 Å². The van der Waals surface area contributed by atoms with Crippen LogP contribution in [0.4, 0.5) is 0 Å². The fourth-order valence-electron chi connectivity index (χ4n) is 4.37. The zero-order chi connectivity index (χ0) is 23.1. The molecule has 7 nitrogen and oxygen atoms in total. The first-order valence-electron chi connectivity index (χ1n) is 11.5. The Hall–Kier alpha value is -2.52. The van der Waals surface area contributed by atoms with Gasteiger partial charge in [0.15, 0.2) is 0 Å². The van der Waals surface area contributed by atoms with Crippen molar-refractivity contribution < 1.29 is 13.2 Å². The van der Waals surface area contributed by atoms with Crippen LogP contribution in [0.25, 0.3) is 6.08 Å². The molecule has 1 atom stereocenters. The second kappa shape index (κ2) is 11.1. The van der Waals surface area contributed by atoms with E-state index in [4.69, 9.17) is 0 Å². The van der Waals surface area contributed by atoms with Gasteiger partial charge in [-0.3, -0.25) is 14.6 Å². The third kappa shape index (κ3) is 6.98. The molecule has 2 saturated heterocycles. The van der Waals surface area contributed by atoms with E-state index in [0.717, 1.165) is 31.6 Å². The Bertz CT molecular complexity index is 1040. The topological polar surface area (TPSA) is 73.0 Å². The lowest BCUT2D eigenvalue weighted by molar-refractivity contribution is -0.123. The van der Waals surface area contributed by atoms with E-state index >= 15 is 0 Å². The lowest BCUT2D eigenvalue weighted by atomic mass is 10.2. The Morgan fingerprint density at radius 2 is 1.58 bits per heavy atom. The van der Waals surface area contributed by atoms with Crippen LogP contribution < -0.4 is 5.32 Å². The maximum atomic E-state index is 12.6. The van der Waals surface area contributed by atoms with Crippen LogP contribution in [-0.2, 0) is 21.4 Å². The number of hydrogen-bond donors (Lipinski definition) is 1. The lowest BCUT2D eigenvalue weighted by Crippen LogP contribution is -2.51. The Morgan fingerprint density at radius 1 is 0.909 bits per heavy atom. The number of piperazine rings is 1. The van der Waals surface area contributed by atoms with Gasteiger partial charge in [-0.15, -0.1) is 0 Å². The van der Waals surface area contributed by atoms with Crippen LogP contribution in [0.3, 0.4) is 0 Å². The standard InChI is InChI=1S/C25H32N4O3S/c30-25(26-24-11-13-28(20-24)19-23-9-5-2-6-10-23)21-27-14-16-29(17-15-27)33(31,32)18-12-22-7-3-1-4-8-22/h1-10,12,18,24H,11,13-17,19-21H2,(H,26,30)/b18-12+/t24-/m1/s1. The molecule has 2 aromatic carbocycles. The highest BCUT2D eigenvalue weighted by atomic mass is 32.2. The van der Waals surface area contributed by atoms with Gasteiger partial charge in [0.25, 0.3) is 0 Å². The molecule has 0 aliphatic carbocycles. The first-order valence-corrected chi connectivity index (χ1v) is 13.0. The summed E-state index contributed by atoms with van der Waals surface area (Å²) in [7, 11) is -3.46. The lowest BCUT2D eigenvalue weighted by Gasteiger charge is -2.33. The number of nitrogens with zero attached hydrogens (tertiary/aromatic N) is 3. The molecule has 4 rings (SSSR count). The zero-order valence-corrected chi connectivity index (χ0v) is 19.7. The Labute approximate surface area is 196 Å². The van der Waals surface area contributed by atoms with Gasteiger partial charge in [-0.25, -0.2) is 8.42 Å². The maximum absolute atomic E-state index is 12.6. The number of likely N-dealkylation sites (tertiary alicyclic amines) is 1. The molecule has 2 heterocycles. The zero-order valence-electron chi connectivity index (χ0n) is 18.8. The molecule has 2 aliphatic heterocycles. The summed E-state index contributed by atoms with van der Waals surface area (Å²) >= 11 is 0. The summed E-state index contributed by atoms with van der Waals surface area (Å²) in [4.78, 5) is 17.0. The molecule has 2 aliphatic rings. The van der Waals surface area contributed by atoms with Crippen molar-refractivity contribution in [2.45, 2.75) is 19.0 Å². The minimum atomic E-state index is -3.46. The van der Waals surface area contributed by atoms with Gasteiger partial charge in [-0.2, -0.15) is 4.31 Å². The van der Waals surface area contributed by atoms with Gasteiger partial charge in [-0.05, 0) is 23.6 Å². The quantitative estimate of drug-likeness (QED) is 0.642. The Kier molecular flexibility index (Phi) is 7.93. The smallest absolute Gasteiger partial charge is 0.236 e. The van der Waals surface area contributed by atoms with E-state index in [2.05, 4.69) is 34.5 Å². The average molecular weight is 469 g/mol. The molecule has 176 valence electrons. The van der Waals surface area contributed by atoms with E-state index < -0.39 is 10.0 Å². The van der Waals surface area contributed by atoms with Gasteiger partial charge < -0.3 is 5.32 Å². The van der Waals surface area contributed by atoms with E-state index in [1.807, 2.05) is 41.3 Å². The molecule has 2 aromatic rings. The average Bonchev–Trinajstić information content (AvgIpc) is 3.26. The number of rotatable bonds is 8. The van der Waals surface area contributed by atoms with E-state index in [0.29, 0.717) is 32.7 Å². The minimum absolute atomic E-state index is 0.0156. The summed E-state index contributed by atoms with van der Waals surface area (Å²) in [6.07, 6.45) is 2.58. The molecule has 0 spiro atoms. The van der Waals surface area contributed by atoms with Crippen molar-refractivity contribution in [1.82, 2.24) is 19.4 Å². The van der Waals surface area contributed by atoms with E-state index in [-0.39, 0.29) is 11.9 Å².